The van der Waals surface area contributed by atoms with E-state index in [1.54, 1.807) is 30.3 Å². The van der Waals surface area contributed by atoms with Crippen LogP contribution in [0.2, 0.25) is 0 Å². The van der Waals surface area contributed by atoms with Gasteiger partial charge in [0.1, 0.15) is 0 Å². The fourth-order valence-electron chi connectivity index (χ4n) is 4.23. The van der Waals surface area contributed by atoms with Crippen molar-refractivity contribution in [3.63, 3.8) is 0 Å². The van der Waals surface area contributed by atoms with E-state index in [0.717, 1.165) is 13.0 Å². The van der Waals surface area contributed by atoms with Crippen LogP contribution in [0.15, 0.2) is 42.5 Å². The van der Waals surface area contributed by atoms with Crippen LogP contribution < -0.4 is 4.90 Å². The summed E-state index contributed by atoms with van der Waals surface area (Å²) >= 11 is 0. The number of rotatable bonds is 4. The lowest BCUT2D eigenvalue weighted by Gasteiger charge is -2.23. The normalized spacial score (nSPS) is 20.3. The van der Waals surface area contributed by atoms with Crippen LogP contribution in [0, 0.1) is 5.92 Å². The summed E-state index contributed by atoms with van der Waals surface area (Å²) in [5, 5.41) is 0. The monoisotopic (exact) mass is 418 g/mol. The second-order valence-corrected chi connectivity index (χ2v) is 7.98. The second-order valence-electron chi connectivity index (χ2n) is 7.98. The van der Waals surface area contributed by atoms with E-state index in [4.69, 9.17) is 4.74 Å². The van der Waals surface area contributed by atoms with Crippen molar-refractivity contribution in [3.05, 3.63) is 64.7 Å². The van der Waals surface area contributed by atoms with Crippen molar-refractivity contribution < 1.29 is 22.7 Å². The molecule has 160 valence electrons. The molecule has 4 nitrogen and oxygen atoms in total. The molecule has 0 bridgehead atoms. The molecule has 1 fully saturated rings. The molecule has 0 aromatic heterocycles. The van der Waals surface area contributed by atoms with Crippen molar-refractivity contribution in [2.24, 2.45) is 5.92 Å². The zero-order chi connectivity index (χ0) is 21.3. The number of halogens is 3. The highest BCUT2D eigenvalue weighted by Gasteiger charge is 2.40. The Labute approximate surface area is 174 Å². The Kier molecular flexibility index (Phi) is 5.84. The number of benzene rings is 2. The number of hydrogen-bond donors (Lipinski definition) is 0. The average molecular weight is 418 g/mol. The van der Waals surface area contributed by atoms with Gasteiger partial charge >= 0.3 is 6.18 Å². The molecule has 0 radical (unpaired) electrons. The fraction of sp³-hybridized carbons (Fsp3) is 0.435. The summed E-state index contributed by atoms with van der Waals surface area (Å²) in [6.07, 6.45) is -3.56. The number of hydrogen-bond acceptors (Lipinski definition) is 3. The molecule has 30 heavy (non-hydrogen) atoms. The smallest absolute Gasteiger partial charge is 0.380 e. The topological polar surface area (TPSA) is 32.8 Å². The zero-order valence-corrected chi connectivity index (χ0v) is 16.9. The third-order valence-electron chi connectivity index (χ3n) is 5.88. The van der Waals surface area contributed by atoms with E-state index in [2.05, 4.69) is 11.8 Å². The molecular formula is C23H25F3N2O2. The number of anilines is 1. The van der Waals surface area contributed by atoms with E-state index in [1.165, 1.54) is 11.0 Å². The Bertz CT molecular complexity index is 915. The lowest BCUT2D eigenvalue weighted by molar-refractivity contribution is -0.138. The molecule has 2 heterocycles. The number of carbonyl (C=O) groups is 1. The van der Waals surface area contributed by atoms with Gasteiger partial charge in [0.25, 0.3) is 5.91 Å². The van der Waals surface area contributed by atoms with Crippen molar-refractivity contribution in [1.29, 1.82) is 0 Å². The van der Waals surface area contributed by atoms with E-state index < -0.39 is 11.7 Å². The van der Waals surface area contributed by atoms with Gasteiger partial charge in [-0.25, -0.2) is 0 Å². The fourth-order valence-corrected chi connectivity index (χ4v) is 4.23. The van der Waals surface area contributed by atoms with E-state index >= 15 is 0 Å². The number of amides is 1. The molecule has 4 rings (SSSR count). The number of carbonyl (C=O) groups excluding carboxylic acids is 1. The molecule has 0 N–H and O–H groups in total. The molecule has 1 saturated heterocycles. The zero-order valence-electron chi connectivity index (χ0n) is 16.9. The number of fused-ring (bicyclic) bond motifs is 1. The third kappa shape index (κ3) is 4.23. The predicted octanol–water partition coefficient (Wildman–Crippen LogP) is 4.72. The lowest BCUT2D eigenvalue weighted by atomic mass is 9.98. The maximum absolute atomic E-state index is 13.9. The highest BCUT2D eigenvalue weighted by atomic mass is 19.4. The highest BCUT2D eigenvalue weighted by Crippen LogP contribution is 2.39. The maximum Gasteiger partial charge on any atom is 0.416 e. The summed E-state index contributed by atoms with van der Waals surface area (Å²) in [7, 11) is 0. The van der Waals surface area contributed by atoms with Gasteiger partial charge in [0.2, 0.25) is 0 Å². The van der Waals surface area contributed by atoms with E-state index in [1.807, 2.05) is 6.07 Å². The molecule has 0 spiro atoms. The molecule has 2 aromatic rings. The van der Waals surface area contributed by atoms with Crippen LogP contribution in [0.4, 0.5) is 18.9 Å². The summed E-state index contributed by atoms with van der Waals surface area (Å²) in [5.74, 6) is -0.0200. The van der Waals surface area contributed by atoms with Crippen LogP contribution in [-0.2, 0) is 24.0 Å². The second kappa shape index (κ2) is 8.40. The van der Waals surface area contributed by atoms with Gasteiger partial charge in [0.05, 0.1) is 25.3 Å². The summed E-state index contributed by atoms with van der Waals surface area (Å²) in [6.45, 7) is 5.07. The lowest BCUT2D eigenvalue weighted by Crippen LogP contribution is -2.29. The Morgan fingerprint density at radius 1 is 1.17 bits per heavy atom. The summed E-state index contributed by atoms with van der Waals surface area (Å²) in [6, 6.07) is 11.7. The molecule has 2 aromatic carbocycles. The van der Waals surface area contributed by atoms with E-state index in [9.17, 15) is 18.0 Å². The van der Waals surface area contributed by atoms with Crippen molar-refractivity contribution in [2.45, 2.75) is 32.6 Å². The molecule has 0 saturated carbocycles. The van der Waals surface area contributed by atoms with Gasteiger partial charge in [-0.1, -0.05) is 25.1 Å². The van der Waals surface area contributed by atoms with Gasteiger partial charge in [-0.05, 0) is 47.7 Å². The Hall–Kier alpha value is -2.38. The number of para-hydroxylation sites is 1. The summed E-state index contributed by atoms with van der Waals surface area (Å²) in [4.78, 5) is 16.5. The van der Waals surface area contributed by atoms with Crippen LogP contribution in [0.25, 0.3) is 0 Å². The first-order valence-corrected chi connectivity index (χ1v) is 10.3. The van der Waals surface area contributed by atoms with Crippen LogP contribution in [0.3, 0.4) is 0 Å². The van der Waals surface area contributed by atoms with Crippen molar-refractivity contribution in [3.8, 4) is 0 Å². The molecule has 0 aliphatic carbocycles. The Morgan fingerprint density at radius 2 is 1.93 bits per heavy atom. The van der Waals surface area contributed by atoms with Crippen molar-refractivity contribution in [1.82, 2.24) is 4.90 Å². The summed E-state index contributed by atoms with van der Waals surface area (Å²) in [5.41, 5.74) is 0.623. The number of nitrogens with zero attached hydrogens (tertiary/aromatic N) is 2. The van der Waals surface area contributed by atoms with Crippen LogP contribution in [0.1, 0.15) is 40.4 Å². The number of ether oxygens (including phenoxy) is 1. The molecule has 1 amide bonds. The molecule has 2 aliphatic heterocycles. The average Bonchev–Trinajstić information content (AvgIpc) is 2.90. The molecule has 1 atom stereocenters. The van der Waals surface area contributed by atoms with Gasteiger partial charge in [0.15, 0.2) is 0 Å². The van der Waals surface area contributed by atoms with E-state index in [0.29, 0.717) is 43.5 Å². The van der Waals surface area contributed by atoms with Crippen LogP contribution in [-0.4, -0.2) is 37.1 Å². The SMILES string of the molecule is CCC1COCCN(Cc2cc3c(c(C(F)(F)F)c2)CN(c2ccccc2)C3=O)C1. The molecular weight excluding hydrogens is 393 g/mol. The first-order chi connectivity index (χ1) is 14.4. The number of alkyl halides is 3. The largest absolute Gasteiger partial charge is 0.416 e. The van der Waals surface area contributed by atoms with Gasteiger partial charge < -0.3 is 9.64 Å². The van der Waals surface area contributed by atoms with Crippen molar-refractivity contribution in [2.75, 3.05) is 31.2 Å². The minimum atomic E-state index is -4.51. The standard InChI is InChI=1S/C23H25F3N2O2/c1-2-16-12-27(8-9-30-15-16)13-17-10-19-20(21(11-17)23(24,25)26)14-28(22(19)29)18-6-4-3-5-7-18/h3-7,10-11,16H,2,8-9,12-15H2,1H3. The van der Waals surface area contributed by atoms with Crippen LogP contribution >= 0.6 is 0 Å². The van der Waals surface area contributed by atoms with Gasteiger partial charge in [-0.15, -0.1) is 0 Å². The molecule has 2 aliphatic rings. The molecule has 7 heteroatoms. The first-order valence-electron chi connectivity index (χ1n) is 10.3. The Balaban J connectivity index is 1.67. The van der Waals surface area contributed by atoms with Gasteiger partial charge in [-0.3, -0.25) is 9.69 Å². The predicted molar refractivity (Wildman–Crippen MR) is 108 cm³/mol. The van der Waals surface area contributed by atoms with Crippen molar-refractivity contribution >= 4 is 11.6 Å². The van der Waals surface area contributed by atoms with Crippen LogP contribution in [0.5, 0.6) is 0 Å². The minimum Gasteiger partial charge on any atom is -0.380 e. The Morgan fingerprint density at radius 3 is 2.63 bits per heavy atom. The van der Waals surface area contributed by atoms with Gasteiger partial charge in [-0.2, -0.15) is 13.2 Å². The minimum absolute atomic E-state index is 0.0609. The summed E-state index contributed by atoms with van der Waals surface area (Å²) < 4.78 is 47.2. The first kappa shape index (κ1) is 20.9. The highest BCUT2D eigenvalue weighted by molar-refractivity contribution is 6.10. The van der Waals surface area contributed by atoms with E-state index in [-0.39, 0.29) is 23.6 Å². The van der Waals surface area contributed by atoms with Gasteiger partial charge in [0, 0.05) is 30.9 Å². The molecule has 1 unspecified atom stereocenters. The quantitative estimate of drug-likeness (QED) is 0.720. The third-order valence-corrected chi connectivity index (χ3v) is 5.88. The maximum atomic E-state index is 13.9.